The lowest BCUT2D eigenvalue weighted by molar-refractivity contribution is 0.311. The van der Waals surface area contributed by atoms with Crippen molar-refractivity contribution in [3.8, 4) is 11.5 Å². The molecule has 0 aliphatic carbocycles. The summed E-state index contributed by atoms with van der Waals surface area (Å²) >= 11 is 6.08. The standard InChI is InChI=1S/C15H18ClN3O2/c1-3-21-13-8-10-11(9-12(13)20-2)17-15(16)18-14(10)19-6-4-5-7-19/h8-9H,3-7H2,1-2H3. The van der Waals surface area contributed by atoms with Crippen molar-refractivity contribution in [3.63, 3.8) is 0 Å². The van der Waals surface area contributed by atoms with Gasteiger partial charge < -0.3 is 14.4 Å². The summed E-state index contributed by atoms with van der Waals surface area (Å²) in [7, 11) is 1.62. The van der Waals surface area contributed by atoms with E-state index >= 15 is 0 Å². The number of nitrogens with zero attached hydrogens (tertiary/aromatic N) is 3. The van der Waals surface area contributed by atoms with Gasteiger partial charge in [-0.15, -0.1) is 0 Å². The molecule has 2 heterocycles. The molecule has 0 unspecified atom stereocenters. The van der Waals surface area contributed by atoms with Crippen LogP contribution in [0.15, 0.2) is 12.1 Å². The molecule has 0 saturated carbocycles. The van der Waals surface area contributed by atoms with Crippen LogP contribution in [0.5, 0.6) is 11.5 Å². The van der Waals surface area contributed by atoms with Crippen molar-refractivity contribution < 1.29 is 9.47 Å². The van der Waals surface area contributed by atoms with E-state index in [2.05, 4.69) is 14.9 Å². The first kappa shape index (κ1) is 14.2. The molecule has 3 rings (SSSR count). The Morgan fingerprint density at radius 2 is 1.95 bits per heavy atom. The summed E-state index contributed by atoms with van der Waals surface area (Å²) in [5, 5.41) is 1.21. The van der Waals surface area contributed by atoms with E-state index in [9.17, 15) is 0 Å². The quantitative estimate of drug-likeness (QED) is 0.811. The molecule has 1 aliphatic rings. The molecule has 112 valence electrons. The van der Waals surface area contributed by atoms with Crippen molar-refractivity contribution in [3.05, 3.63) is 17.4 Å². The monoisotopic (exact) mass is 307 g/mol. The van der Waals surface area contributed by atoms with Crippen molar-refractivity contribution >= 4 is 28.3 Å². The summed E-state index contributed by atoms with van der Waals surface area (Å²) in [5.41, 5.74) is 0.775. The molecule has 1 aromatic heterocycles. The van der Waals surface area contributed by atoms with Gasteiger partial charge in [0.2, 0.25) is 5.28 Å². The van der Waals surface area contributed by atoms with Gasteiger partial charge in [-0.3, -0.25) is 0 Å². The Kier molecular flexibility index (Phi) is 4.01. The summed E-state index contributed by atoms with van der Waals surface area (Å²) in [6, 6.07) is 3.80. The molecule has 0 N–H and O–H groups in total. The Balaban J connectivity index is 2.19. The number of benzene rings is 1. The van der Waals surface area contributed by atoms with Crippen LogP contribution in [0, 0.1) is 0 Å². The highest BCUT2D eigenvalue weighted by molar-refractivity contribution is 6.28. The van der Waals surface area contributed by atoms with Crippen molar-refractivity contribution in [2.24, 2.45) is 0 Å². The molecule has 21 heavy (non-hydrogen) atoms. The highest BCUT2D eigenvalue weighted by Gasteiger charge is 2.19. The summed E-state index contributed by atoms with van der Waals surface area (Å²) < 4.78 is 11.0. The van der Waals surface area contributed by atoms with Crippen molar-refractivity contribution in [2.45, 2.75) is 19.8 Å². The van der Waals surface area contributed by atoms with Gasteiger partial charge in [-0.25, -0.2) is 4.98 Å². The summed E-state index contributed by atoms with van der Waals surface area (Å²) in [6.07, 6.45) is 2.36. The van der Waals surface area contributed by atoms with Crippen molar-refractivity contribution in [1.82, 2.24) is 9.97 Å². The summed E-state index contributed by atoms with van der Waals surface area (Å²) in [5.74, 6) is 2.25. The first-order valence-electron chi connectivity index (χ1n) is 7.16. The largest absolute Gasteiger partial charge is 0.493 e. The molecular weight excluding hydrogens is 290 g/mol. The van der Waals surface area contributed by atoms with E-state index in [-0.39, 0.29) is 5.28 Å². The van der Waals surface area contributed by atoms with E-state index in [4.69, 9.17) is 21.1 Å². The Labute approximate surface area is 128 Å². The number of halogens is 1. The number of fused-ring (bicyclic) bond motifs is 1. The minimum Gasteiger partial charge on any atom is -0.493 e. The van der Waals surface area contributed by atoms with Gasteiger partial charge in [0.15, 0.2) is 11.5 Å². The van der Waals surface area contributed by atoms with E-state index < -0.39 is 0 Å². The van der Waals surface area contributed by atoms with Gasteiger partial charge in [0, 0.05) is 24.5 Å². The highest BCUT2D eigenvalue weighted by atomic mass is 35.5. The topological polar surface area (TPSA) is 47.5 Å². The predicted octanol–water partition coefficient (Wildman–Crippen LogP) is 3.29. The van der Waals surface area contributed by atoms with Crippen LogP contribution >= 0.6 is 11.6 Å². The lowest BCUT2D eigenvalue weighted by atomic mass is 10.2. The number of rotatable bonds is 4. The molecule has 0 spiro atoms. The molecular formula is C15H18ClN3O2. The van der Waals surface area contributed by atoms with Crippen molar-refractivity contribution in [2.75, 3.05) is 31.7 Å². The smallest absolute Gasteiger partial charge is 0.224 e. The van der Waals surface area contributed by atoms with Gasteiger partial charge >= 0.3 is 0 Å². The molecule has 1 aliphatic heterocycles. The van der Waals surface area contributed by atoms with E-state index in [0.29, 0.717) is 18.1 Å². The predicted molar refractivity (Wildman–Crippen MR) is 83.7 cm³/mol. The Bertz CT molecular complexity index is 657. The van der Waals surface area contributed by atoms with Gasteiger partial charge in [-0.1, -0.05) is 0 Å². The third-order valence-corrected chi connectivity index (χ3v) is 3.81. The zero-order valence-corrected chi connectivity index (χ0v) is 13.0. The first-order valence-corrected chi connectivity index (χ1v) is 7.53. The number of hydrogen-bond donors (Lipinski definition) is 0. The highest BCUT2D eigenvalue weighted by Crippen LogP contribution is 2.36. The van der Waals surface area contributed by atoms with Crippen LogP contribution in [-0.4, -0.2) is 36.8 Å². The molecule has 0 atom stereocenters. The lowest BCUT2D eigenvalue weighted by Gasteiger charge is -2.19. The maximum absolute atomic E-state index is 6.08. The van der Waals surface area contributed by atoms with E-state index in [1.54, 1.807) is 7.11 Å². The van der Waals surface area contributed by atoms with Crippen molar-refractivity contribution in [1.29, 1.82) is 0 Å². The number of ether oxygens (including phenoxy) is 2. The summed E-state index contributed by atoms with van der Waals surface area (Å²) in [4.78, 5) is 11.0. The number of aromatic nitrogens is 2. The third kappa shape index (κ3) is 2.70. The molecule has 1 saturated heterocycles. The van der Waals surface area contributed by atoms with Crippen LogP contribution in [0.4, 0.5) is 5.82 Å². The molecule has 0 radical (unpaired) electrons. The molecule has 2 aromatic rings. The molecule has 1 aromatic carbocycles. The average molecular weight is 308 g/mol. The lowest BCUT2D eigenvalue weighted by Crippen LogP contribution is -2.19. The van der Waals surface area contributed by atoms with Gasteiger partial charge in [0.05, 0.1) is 19.2 Å². The van der Waals surface area contributed by atoms with Gasteiger partial charge in [0.25, 0.3) is 0 Å². The minimum atomic E-state index is 0.260. The Morgan fingerprint density at radius 1 is 1.19 bits per heavy atom. The second-order valence-electron chi connectivity index (χ2n) is 4.96. The maximum atomic E-state index is 6.08. The summed E-state index contributed by atoms with van der Waals surface area (Å²) in [6.45, 7) is 4.52. The van der Waals surface area contributed by atoms with Crippen LogP contribution in [0.1, 0.15) is 19.8 Å². The van der Waals surface area contributed by atoms with Crippen LogP contribution in [0.3, 0.4) is 0 Å². The van der Waals surface area contributed by atoms with Gasteiger partial charge in [-0.2, -0.15) is 4.98 Å². The number of anilines is 1. The SMILES string of the molecule is CCOc1cc2c(N3CCCC3)nc(Cl)nc2cc1OC. The molecule has 1 fully saturated rings. The fourth-order valence-corrected chi connectivity index (χ4v) is 2.86. The van der Waals surface area contributed by atoms with Gasteiger partial charge in [0.1, 0.15) is 5.82 Å². The molecule has 5 nitrogen and oxygen atoms in total. The Morgan fingerprint density at radius 3 is 2.62 bits per heavy atom. The second kappa shape index (κ2) is 5.93. The van der Waals surface area contributed by atoms with Gasteiger partial charge in [-0.05, 0) is 37.4 Å². The number of methoxy groups -OCH3 is 1. The fraction of sp³-hybridized carbons (Fsp3) is 0.467. The Hall–Kier alpha value is -1.75. The molecule has 6 heteroatoms. The zero-order valence-electron chi connectivity index (χ0n) is 12.2. The fourth-order valence-electron chi connectivity index (χ4n) is 2.69. The number of hydrogen-bond acceptors (Lipinski definition) is 5. The van der Waals surface area contributed by atoms with Crippen LogP contribution in [0.2, 0.25) is 5.28 Å². The molecule has 0 amide bonds. The van der Waals surface area contributed by atoms with E-state index in [1.165, 1.54) is 12.8 Å². The average Bonchev–Trinajstić information content (AvgIpc) is 3.00. The first-order chi connectivity index (χ1) is 10.2. The van der Waals surface area contributed by atoms with Crippen LogP contribution < -0.4 is 14.4 Å². The van der Waals surface area contributed by atoms with Crippen LogP contribution in [0.25, 0.3) is 10.9 Å². The normalized spacial score (nSPS) is 14.7. The maximum Gasteiger partial charge on any atom is 0.224 e. The minimum absolute atomic E-state index is 0.260. The molecule has 0 bridgehead atoms. The zero-order chi connectivity index (χ0) is 14.8. The second-order valence-corrected chi connectivity index (χ2v) is 5.30. The van der Waals surface area contributed by atoms with E-state index in [1.807, 2.05) is 19.1 Å². The van der Waals surface area contributed by atoms with Crippen LogP contribution in [-0.2, 0) is 0 Å². The van der Waals surface area contributed by atoms with E-state index in [0.717, 1.165) is 29.8 Å². The third-order valence-electron chi connectivity index (χ3n) is 3.64.